The number of piperidine rings is 1. The minimum absolute atomic E-state index is 0.652. The van der Waals surface area contributed by atoms with E-state index in [1.54, 1.807) is 0 Å². The highest BCUT2D eigenvalue weighted by molar-refractivity contribution is 6.65. The number of fused-ring (bicyclic) bond motifs is 1. The molecule has 0 aliphatic carbocycles. The number of rotatable bonds is 4. The monoisotopic (exact) mass is 356 g/mol. The number of aryl methyl sites for hydroxylation is 1. The lowest BCUT2D eigenvalue weighted by Gasteiger charge is -2.27. The maximum atomic E-state index is 6.13. The van der Waals surface area contributed by atoms with E-state index in [9.17, 15) is 0 Å². The van der Waals surface area contributed by atoms with Crippen molar-refractivity contribution in [3.05, 3.63) is 47.8 Å². The third-order valence-corrected chi connectivity index (χ3v) is 5.52. The fourth-order valence-corrected chi connectivity index (χ4v) is 4.16. The highest BCUT2D eigenvalue weighted by Crippen LogP contribution is 2.29. The Morgan fingerprint density at radius 1 is 1.08 bits per heavy atom. The molecule has 1 saturated heterocycles. The van der Waals surface area contributed by atoms with Gasteiger partial charge in [-0.2, -0.15) is 5.10 Å². The van der Waals surface area contributed by atoms with Crippen molar-refractivity contribution in [3.8, 4) is 0 Å². The zero-order chi connectivity index (χ0) is 17.2. The molecule has 2 aliphatic rings. The summed E-state index contributed by atoms with van der Waals surface area (Å²) in [5.41, 5.74) is 4.05. The normalized spacial score (nSPS) is 18.8. The second kappa shape index (κ2) is 7.22. The summed E-state index contributed by atoms with van der Waals surface area (Å²) < 4.78 is 2.32. The molecule has 0 amide bonds. The van der Waals surface area contributed by atoms with Crippen LogP contribution in [0.2, 0.25) is 0 Å². The molecule has 4 nitrogen and oxygen atoms in total. The second-order valence-corrected chi connectivity index (χ2v) is 7.44. The largest absolute Gasteiger partial charge is 0.346 e. The van der Waals surface area contributed by atoms with Gasteiger partial charge in [0.1, 0.15) is 5.17 Å². The molecular formula is C20H25ClN4. The Bertz CT molecular complexity index is 814. The zero-order valence-corrected chi connectivity index (χ0v) is 15.5. The van der Waals surface area contributed by atoms with Crippen LogP contribution in [0.1, 0.15) is 36.9 Å². The Morgan fingerprint density at radius 3 is 2.68 bits per heavy atom. The number of aromatic nitrogens is 1. The first-order valence-corrected chi connectivity index (χ1v) is 9.54. The Hall–Kier alpha value is -1.78. The molecule has 2 aromatic rings. The molecule has 0 spiro atoms. The van der Waals surface area contributed by atoms with Gasteiger partial charge in [-0.05, 0) is 37.6 Å². The van der Waals surface area contributed by atoms with E-state index in [1.165, 1.54) is 54.5 Å². The van der Waals surface area contributed by atoms with Crippen molar-refractivity contribution in [2.24, 2.45) is 12.1 Å². The van der Waals surface area contributed by atoms with Crippen LogP contribution in [0, 0.1) is 0 Å². The summed E-state index contributed by atoms with van der Waals surface area (Å²) in [4.78, 5) is 2.59. The Balaban J connectivity index is 1.70. The van der Waals surface area contributed by atoms with Crippen LogP contribution in [0.25, 0.3) is 10.9 Å². The molecule has 0 unspecified atom stereocenters. The average molecular weight is 357 g/mol. The Morgan fingerprint density at radius 2 is 1.88 bits per heavy atom. The van der Waals surface area contributed by atoms with E-state index in [1.807, 2.05) is 11.2 Å². The van der Waals surface area contributed by atoms with Crippen LogP contribution in [-0.4, -0.2) is 32.7 Å². The number of benzene rings is 1. The number of hydrogen-bond acceptors (Lipinski definition) is 3. The van der Waals surface area contributed by atoms with Crippen molar-refractivity contribution in [2.75, 3.05) is 13.1 Å². The average Bonchev–Trinajstić information content (AvgIpc) is 2.89. The van der Waals surface area contributed by atoms with E-state index in [-0.39, 0.29) is 0 Å². The van der Waals surface area contributed by atoms with Crippen LogP contribution in [0.5, 0.6) is 0 Å². The van der Waals surface area contributed by atoms with Gasteiger partial charge in [-0.25, -0.2) is 0 Å². The molecule has 1 aromatic heterocycles. The molecule has 1 fully saturated rings. The number of hydrogen-bond donors (Lipinski definition) is 0. The topological polar surface area (TPSA) is 23.8 Å². The zero-order valence-electron chi connectivity index (χ0n) is 14.8. The third-order valence-electron chi connectivity index (χ3n) is 5.29. The van der Waals surface area contributed by atoms with Gasteiger partial charge in [0.05, 0.1) is 6.54 Å². The second-order valence-electron chi connectivity index (χ2n) is 7.00. The molecule has 25 heavy (non-hydrogen) atoms. The van der Waals surface area contributed by atoms with Crippen molar-refractivity contribution >= 4 is 27.7 Å². The molecule has 0 atom stereocenters. The summed E-state index contributed by atoms with van der Waals surface area (Å²) >= 11 is 6.13. The number of halogens is 1. The maximum Gasteiger partial charge on any atom is 0.130 e. The van der Waals surface area contributed by atoms with E-state index in [0.29, 0.717) is 5.17 Å². The summed E-state index contributed by atoms with van der Waals surface area (Å²) in [7, 11) is 2.16. The molecule has 3 heterocycles. The van der Waals surface area contributed by atoms with Gasteiger partial charge in [0, 0.05) is 42.8 Å². The van der Waals surface area contributed by atoms with Crippen molar-refractivity contribution in [1.82, 2.24) is 14.5 Å². The van der Waals surface area contributed by atoms with Gasteiger partial charge in [0.2, 0.25) is 0 Å². The fourth-order valence-electron chi connectivity index (χ4n) is 3.97. The molecule has 132 valence electrons. The molecule has 1 aromatic carbocycles. The van der Waals surface area contributed by atoms with Crippen LogP contribution in [0.4, 0.5) is 0 Å². The maximum absolute atomic E-state index is 6.13. The summed E-state index contributed by atoms with van der Waals surface area (Å²) in [5.74, 6) is 0. The molecule has 5 heteroatoms. The van der Waals surface area contributed by atoms with Crippen LogP contribution >= 0.6 is 11.6 Å². The highest BCUT2D eigenvalue weighted by atomic mass is 35.5. The number of likely N-dealkylation sites (tertiary alicyclic amines) is 1. The van der Waals surface area contributed by atoms with Crippen molar-refractivity contribution in [3.63, 3.8) is 0 Å². The van der Waals surface area contributed by atoms with Crippen molar-refractivity contribution in [1.29, 1.82) is 0 Å². The van der Waals surface area contributed by atoms with E-state index in [4.69, 9.17) is 11.6 Å². The molecule has 0 N–H and O–H groups in total. The van der Waals surface area contributed by atoms with Gasteiger partial charge in [0.25, 0.3) is 0 Å². The number of hydrazone groups is 1. The lowest BCUT2D eigenvalue weighted by atomic mass is 10.1. The van der Waals surface area contributed by atoms with E-state index in [2.05, 4.69) is 52.0 Å². The first kappa shape index (κ1) is 16.7. The lowest BCUT2D eigenvalue weighted by molar-refractivity contribution is 0.220. The minimum Gasteiger partial charge on any atom is -0.346 e. The van der Waals surface area contributed by atoms with E-state index >= 15 is 0 Å². The highest BCUT2D eigenvalue weighted by Gasteiger charge is 2.20. The molecular weight excluding hydrogens is 332 g/mol. The number of para-hydroxylation sites is 1. The van der Waals surface area contributed by atoms with Crippen LogP contribution < -0.4 is 0 Å². The molecule has 0 bridgehead atoms. The van der Waals surface area contributed by atoms with Gasteiger partial charge >= 0.3 is 0 Å². The smallest absolute Gasteiger partial charge is 0.130 e. The van der Waals surface area contributed by atoms with Crippen LogP contribution in [0.3, 0.4) is 0 Å². The summed E-state index contributed by atoms with van der Waals surface area (Å²) in [6.45, 7) is 4.18. The summed E-state index contributed by atoms with van der Waals surface area (Å²) in [6, 6.07) is 8.72. The molecule has 2 aliphatic heterocycles. The lowest BCUT2D eigenvalue weighted by Crippen LogP contribution is -2.29. The predicted molar refractivity (Wildman–Crippen MR) is 105 cm³/mol. The third kappa shape index (κ3) is 3.46. The quantitative estimate of drug-likeness (QED) is 0.808. The van der Waals surface area contributed by atoms with Gasteiger partial charge in [-0.3, -0.25) is 9.91 Å². The molecule has 0 radical (unpaired) electrons. The Kier molecular flexibility index (Phi) is 4.82. The van der Waals surface area contributed by atoms with Gasteiger partial charge in [-0.1, -0.05) is 42.3 Å². The van der Waals surface area contributed by atoms with E-state index in [0.717, 1.165) is 19.5 Å². The van der Waals surface area contributed by atoms with Gasteiger partial charge in [0.15, 0.2) is 0 Å². The number of nitrogens with zero attached hydrogens (tertiary/aromatic N) is 4. The first-order valence-electron chi connectivity index (χ1n) is 9.16. The van der Waals surface area contributed by atoms with Crippen LogP contribution in [0.15, 0.2) is 41.6 Å². The van der Waals surface area contributed by atoms with Crippen molar-refractivity contribution < 1.29 is 0 Å². The van der Waals surface area contributed by atoms with Crippen LogP contribution in [-0.2, 0) is 20.1 Å². The molecule has 4 rings (SSSR count). The van der Waals surface area contributed by atoms with Gasteiger partial charge < -0.3 is 4.57 Å². The van der Waals surface area contributed by atoms with Crippen molar-refractivity contribution in [2.45, 2.75) is 38.8 Å². The SMILES string of the molecule is Cn1c(CN2C=CCC(Cl)=N2)c(CN2CCCCC2)c2ccccc21. The standard InChI is InChI=1S/C20H25ClN4/c1-23-18-9-4-3-8-16(18)17(14-24-11-5-2-6-12-24)19(23)15-25-13-7-10-20(21)22-25/h3-4,7-9,13H,2,5-6,10-12,14-15H2,1H3. The van der Waals surface area contributed by atoms with Gasteiger partial charge in [-0.15, -0.1) is 0 Å². The fraction of sp³-hybridized carbons (Fsp3) is 0.450. The predicted octanol–water partition coefficient (Wildman–Crippen LogP) is 4.44. The first-order chi connectivity index (χ1) is 12.2. The Labute approximate surface area is 154 Å². The molecule has 0 saturated carbocycles. The van der Waals surface area contributed by atoms with E-state index < -0.39 is 0 Å². The minimum atomic E-state index is 0.652. The summed E-state index contributed by atoms with van der Waals surface area (Å²) in [6.07, 6.45) is 8.83. The summed E-state index contributed by atoms with van der Waals surface area (Å²) in [5, 5.41) is 8.45. The number of allylic oxidation sites excluding steroid dienone is 1.